The van der Waals surface area contributed by atoms with E-state index < -0.39 is 5.60 Å². The van der Waals surface area contributed by atoms with Crippen LogP contribution in [0.1, 0.15) is 44.1 Å². The van der Waals surface area contributed by atoms with Gasteiger partial charge in [0.05, 0.1) is 18.3 Å². The molecule has 1 amide bonds. The van der Waals surface area contributed by atoms with Crippen LogP contribution in [0, 0.1) is 12.8 Å². The number of pyridine rings is 2. The van der Waals surface area contributed by atoms with E-state index in [2.05, 4.69) is 33.4 Å². The Morgan fingerprint density at radius 1 is 1.23 bits per heavy atom. The largest absolute Gasteiger partial charge is 0.444 e. The number of aromatic nitrogens is 2. The first kappa shape index (κ1) is 27.5. The van der Waals surface area contributed by atoms with Crippen molar-refractivity contribution in [1.82, 2.24) is 14.9 Å². The summed E-state index contributed by atoms with van der Waals surface area (Å²) in [6.45, 7) is 9.71. The first-order valence-corrected chi connectivity index (χ1v) is 14.4. The predicted molar refractivity (Wildman–Crippen MR) is 158 cm³/mol. The topological polar surface area (TPSA) is 106 Å². The van der Waals surface area contributed by atoms with E-state index in [1.165, 1.54) is 5.56 Å². The molecule has 1 fully saturated rings. The molecule has 210 valence electrons. The molecule has 2 unspecified atom stereocenters. The Morgan fingerprint density at radius 2 is 2.03 bits per heavy atom. The lowest BCUT2D eigenvalue weighted by Gasteiger charge is -2.31. The van der Waals surface area contributed by atoms with Crippen LogP contribution in [0.15, 0.2) is 24.3 Å². The van der Waals surface area contributed by atoms with E-state index in [9.17, 15) is 4.79 Å². The second-order valence-electron chi connectivity index (χ2n) is 11.8. The van der Waals surface area contributed by atoms with Crippen molar-refractivity contribution < 1.29 is 14.3 Å². The van der Waals surface area contributed by atoms with Crippen LogP contribution in [0.5, 0.6) is 0 Å². The number of nitrogens with zero attached hydrogens (tertiary/aromatic N) is 4. The minimum atomic E-state index is -0.536. The normalized spacial score (nSPS) is 21.2. The first-order chi connectivity index (χ1) is 18.5. The van der Waals surface area contributed by atoms with Crippen molar-refractivity contribution in [2.45, 2.75) is 64.6 Å². The van der Waals surface area contributed by atoms with Crippen LogP contribution in [-0.4, -0.2) is 72.5 Å². The average molecular weight is 553 g/mol. The summed E-state index contributed by atoms with van der Waals surface area (Å²) in [6, 6.07) is 8.66. The molecule has 39 heavy (non-hydrogen) atoms. The zero-order valence-electron chi connectivity index (χ0n) is 23.8. The van der Waals surface area contributed by atoms with Gasteiger partial charge in [0.25, 0.3) is 0 Å². The Morgan fingerprint density at radius 3 is 2.77 bits per heavy atom. The third kappa shape index (κ3) is 5.91. The number of fused-ring (bicyclic) bond motifs is 2. The van der Waals surface area contributed by atoms with Gasteiger partial charge in [-0.15, -0.1) is 0 Å². The van der Waals surface area contributed by atoms with Gasteiger partial charge >= 0.3 is 6.09 Å². The van der Waals surface area contributed by atoms with Gasteiger partial charge in [0, 0.05) is 56.0 Å². The zero-order chi connectivity index (χ0) is 27.9. The summed E-state index contributed by atoms with van der Waals surface area (Å²) in [5.41, 5.74) is 10.1. The number of thiophene rings is 1. The number of hydrogen-bond acceptors (Lipinski definition) is 9. The summed E-state index contributed by atoms with van der Waals surface area (Å²) in [7, 11) is 3.53. The maximum Gasteiger partial charge on any atom is 0.410 e. The molecular formula is C29H40N6O3S. The number of nitrogens with one attached hydrogen (secondary N) is 1. The zero-order valence-corrected chi connectivity index (χ0v) is 24.6. The molecule has 0 saturated carbocycles. The fourth-order valence-corrected chi connectivity index (χ4v) is 6.72. The van der Waals surface area contributed by atoms with Gasteiger partial charge in [0.15, 0.2) is 0 Å². The minimum absolute atomic E-state index is 0.0174. The van der Waals surface area contributed by atoms with Gasteiger partial charge in [0.1, 0.15) is 21.3 Å². The molecule has 0 aromatic carbocycles. The molecule has 4 heterocycles. The van der Waals surface area contributed by atoms with Gasteiger partial charge in [-0.25, -0.2) is 14.8 Å². The van der Waals surface area contributed by atoms with E-state index in [0.29, 0.717) is 19.2 Å². The summed E-state index contributed by atoms with van der Waals surface area (Å²) in [6.07, 6.45) is 2.48. The van der Waals surface area contributed by atoms with E-state index in [-0.39, 0.29) is 18.1 Å². The van der Waals surface area contributed by atoms with Gasteiger partial charge in [-0.1, -0.05) is 17.4 Å². The van der Waals surface area contributed by atoms with Crippen LogP contribution >= 0.6 is 11.3 Å². The van der Waals surface area contributed by atoms with E-state index in [1.54, 1.807) is 23.3 Å². The summed E-state index contributed by atoms with van der Waals surface area (Å²) in [5, 5.41) is 5.71. The Kier molecular flexibility index (Phi) is 7.61. The SMILES string of the molecule is COCC1CN(c2ccc3c(n2)CC[C@H](Nc2sc4nc(C)ccc4c2N)C3)CC1N(C)C(=O)OC(C)(C)C. The summed E-state index contributed by atoms with van der Waals surface area (Å²) in [5.74, 6) is 1.13. The maximum atomic E-state index is 12.8. The Balaban J connectivity index is 1.27. The van der Waals surface area contributed by atoms with Crippen LogP contribution in [0.3, 0.4) is 0 Å². The number of aryl methyl sites for hydroxylation is 2. The third-order valence-electron chi connectivity index (χ3n) is 7.61. The standard InChI is InChI=1S/C29H40N6O3S/c1-17-7-10-21-25(30)27(39-26(21)31-17)32-20-9-11-22-18(13-20)8-12-24(33-22)35-14-19(16-37-6)23(15-35)34(5)28(36)38-29(2,3)4/h7-8,10,12,19-20,23,32H,9,11,13-16,30H2,1-6H3/t19?,20-,23?/m0/s1. The Bertz CT molecular complexity index is 1350. The van der Waals surface area contributed by atoms with Crippen LogP contribution in [0.4, 0.5) is 21.3 Å². The second-order valence-corrected chi connectivity index (χ2v) is 12.8. The number of carbonyl (C=O) groups excluding carboxylic acids is 1. The Labute approximate surface area is 234 Å². The van der Waals surface area contributed by atoms with Crippen molar-refractivity contribution in [3.05, 3.63) is 41.2 Å². The van der Waals surface area contributed by atoms with Crippen LogP contribution in [0.25, 0.3) is 10.2 Å². The molecule has 3 N–H and O–H groups in total. The van der Waals surface area contributed by atoms with Crippen LogP contribution < -0.4 is 16.0 Å². The van der Waals surface area contributed by atoms with Crippen molar-refractivity contribution in [3.8, 4) is 0 Å². The molecule has 0 spiro atoms. The quantitative estimate of drug-likeness (QED) is 0.446. The predicted octanol–water partition coefficient (Wildman–Crippen LogP) is 4.87. The highest BCUT2D eigenvalue weighted by atomic mass is 32.1. The maximum absolute atomic E-state index is 12.8. The van der Waals surface area contributed by atoms with Crippen LogP contribution in [0.2, 0.25) is 0 Å². The summed E-state index contributed by atoms with van der Waals surface area (Å²) < 4.78 is 11.1. The summed E-state index contributed by atoms with van der Waals surface area (Å²) >= 11 is 1.63. The first-order valence-electron chi connectivity index (χ1n) is 13.6. The van der Waals surface area contributed by atoms with Gasteiger partial charge in [0.2, 0.25) is 0 Å². The van der Waals surface area contributed by atoms with Gasteiger partial charge < -0.3 is 30.3 Å². The van der Waals surface area contributed by atoms with E-state index >= 15 is 0 Å². The lowest BCUT2D eigenvalue weighted by molar-refractivity contribution is 0.0161. The molecular weight excluding hydrogens is 512 g/mol. The smallest absolute Gasteiger partial charge is 0.410 e. The summed E-state index contributed by atoms with van der Waals surface area (Å²) in [4.78, 5) is 27.5. The van der Waals surface area contributed by atoms with Gasteiger partial charge in [-0.3, -0.25) is 0 Å². The number of nitrogens with two attached hydrogens (primary N) is 1. The van der Waals surface area contributed by atoms with Gasteiger partial charge in [-0.2, -0.15) is 0 Å². The number of anilines is 3. The van der Waals surface area contributed by atoms with Crippen molar-refractivity contribution >= 4 is 44.2 Å². The molecule has 3 atom stereocenters. The van der Waals surface area contributed by atoms with Gasteiger partial charge in [-0.05, 0) is 70.7 Å². The number of rotatable bonds is 6. The lowest BCUT2D eigenvalue weighted by Crippen LogP contribution is -2.45. The molecule has 0 bridgehead atoms. The second kappa shape index (κ2) is 10.8. The number of methoxy groups -OCH3 is 1. The van der Waals surface area contributed by atoms with Crippen molar-refractivity contribution in [3.63, 3.8) is 0 Å². The molecule has 2 aliphatic rings. The van der Waals surface area contributed by atoms with Crippen molar-refractivity contribution in [2.24, 2.45) is 5.92 Å². The number of hydrogen-bond donors (Lipinski definition) is 2. The fraction of sp³-hybridized carbons (Fsp3) is 0.552. The average Bonchev–Trinajstić information content (AvgIpc) is 3.43. The Hall–Kier alpha value is -3.11. The number of ether oxygens (including phenoxy) is 2. The number of carbonyl (C=O) groups is 1. The number of amides is 1. The molecule has 3 aromatic heterocycles. The lowest BCUT2D eigenvalue weighted by atomic mass is 9.92. The van der Waals surface area contributed by atoms with E-state index in [4.69, 9.17) is 20.2 Å². The highest BCUT2D eigenvalue weighted by molar-refractivity contribution is 7.23. The third-order valence-corrected chi connectivity index (χ3v) is 8.65. The molecule has 5 rings (SSSR count). The molecule has 9 nitrogen and oxygen atoms in total. The molecule has 1 saturated heterocycles. The minimum Gasteiger partial charge on any atom is -0.444 e. The van der Waals surface area contributed by atoms with Crippen molar-refractivity contribution in [2.75, 3.05) is 49.8 Å². The number of likely N-dealkylation sites (N-methyl/N-ethyl adjacent to an activating group) is 1. The van der Waals surface area contributed by atoms with E-state index in [1.807, 2.05) is 40.8 Å². The molecule has 3 aromatic rings. The van der Waals surface area contributed by atoms with Crippen LogP contribution in [-0.2, 0) is 22.3 Å². The number of nitrogen functional groups attached to an aromatic ring is 1. The monoisotopic (exact) mass is 552 g/mol. The highest BCUT2D eigenvalue weighted by Gasteiger charge is 2.39. The highest BCUT2D eigenvalue weighted by Crippen LogP contribution is 2.38. The molecule has 1 aliphatic heterocycles. The van der Waals surface area contributed by atoms with Crippen molar-refractivity contribution in [1.29, 1.82) is 0 Å². The molecule has 0 radical (unpaired) electrons. The molecule has 10 heteroatoms. The molecule has 1 aliphatic carbocycles. The fourth-order valence-electron chi connectivity index (χ4n) is 5.61. The van der Waals surface area contributed by atoms with E-state index in [0.717, 1.165) is 63.9 Å².